The Kier molecular flexibility index (Phi) is 3.69. The van der Waals surface area contributed by atoms with Gasteiger partial charge in [0.1, 0.15) is 5.69 Å². The molecule has 100 valence electrons. The van der Waals surface area contributed by atoms with Gasteiger partial charge in [0, 0.05) is 17.2 Å². The minimum atomic E-state index is -0.00579. The van der Waals surface area contributed by atoms with Crippen LogP contribution in [0.1, 0.15) is 32.7 Å². The van der Waals surface area contributed by atoms with E-state index in [4.69, 9.17) is 11.6 Å². The summed E-state index contributed by atoms with van der Waals surface area (Å²) in [6, 6.07) is 2.03. The van der Waals surface area contributed by atoms with Gasteiger partial charge >= 0.3 is 0 Å². The molecule has 0 fully saturated rings. The van der Waals surface area contributed by atoms with E-state index in [-0.39, 0.29) is 5.78 Å². The summed E-state index contributed by atoms with van der Waals surface area (Å²) in [5, 5.41) is 4.56. The number of hydrogen-bond acceptors (Lipinski definition) is 4. The molecule has 1 aliphatic heterocycles. The van der Waals surface area contributed by atoms with Crippen molar-refractivity contribution in [2.75, 3.05) is 5.75 Å². The highest BCUT2D eigenvalue weighted by Gasteiger charge is 2.23. The number of fused-ring (bicyclic) bond motifs is 1. The number of carbonyl (C=O) groups is 1. The Morgan fingerprint density at radius 1 is 1.58 bits per heavy atom. The summed E-state index contributed by atoms with van der Waals surface area (Å²) in [5.41, 5.74) is 1.82. The summed E-state index contributed by atoms with van der Waals surface area (Å²) >= 11 is 9.62. The first-order valence-electron chi connectivity index (χ1n) is 6.16. The molecule has 0 spiro atoms. The Labute approximate surface area is 125 Å². The highest BCUT2D eigenvalue weighted by molar-refractivity contribution is 7.98. The van der Waals surface area contributed by atoms with Gasteiger partial charge in [-0.3, -0.25) is 9.48 Å². The van der Waals surface area contributed by atoms with E-state index in [9.17, 15) is 4.79 Å². The summed E-state index contributed by atoms with van der Waals surface area (Å²) in [5.74, 6) is 2.16. The summed E-state index contributed by atoms with van der Waals surface area (Å²) in [6.07, 6.45) is 2.61. The molecule has 3 rings (SSSR count). The fourth-order valence-electron chi connectivity index (χ4n) is 2.20. The first-order valence-corrected chi connectivity index (χ1v) is 8.51. The third-order valence-corrected chi connectivity index (χ3v) is 5.68. The number of aryl methyl sites for hydroxylation is 2. The average Bonchev–Trinajstić information content (AvgIpc) is 3.01. The summed E-state index contributed by atoms with van der Waals surface area (Å²) in [4.78, 5) is 14.7. The lowest BCUT2D eigenvalue weighted by Gasteiger charge is -2.08. The molecule has 0 bridgehead atoms. The van der Waals surface area contributed by atoms with E-state index >= 15 is 0 Å². The number of rotatable bonds is 3. The fraction of sp³-hybridized carbons (Fsp3) is 0.385. The summed E-state index contributed by atoms with van der Waals surface area (Å²) in [7, 11) is 0. The molecule has 0 unspecified atom stereocenters. The second-order valence-electron chi connectivity index (χ2n) is 4.35. The molecule has 0 saturated carbocycles. The van der Waals surface area contributed by atoms with Gasteiger partial charge in [-0.1, -0.05) is 11.6 Å². The van der Waals surface area contributed by atoms with Gasteiger partial charge < -0.3 is 0 Å². The van der Waals surface area contributed by atoms with Crippen molar-refractivity contribution in [2.45, 2.75) is 25.6 Å². The minimum Gasteiger partial charge on any atom is -0.286 e. The van der Waals surface area contributed by atoms with E-state index in [1.807, 2.05) is 24.8 Å². The fourth-order valence-corrected chi connectivity index (χ4v) is 4.74. The Balaban J connectivity index is 1.99. The highest BCUT2D eigenvalue weighted by atomic mass is 35.5. The quantitative estimate of drug-likeness (QED) is 0.812. The Morgan fingerprint density at radius 2 is 2.42 bits per heavy atom. The van der Waals surface area contributed by atoms with Crippen LogP contribution < -0.4 is 0 Å². The number of ketones is 1. The molecule has 0 aromatic carbocycles. The maximum absolute atomic E-state index is 12.6. The van der Waals surface area contributed by atoms with Gasteiger partial charge in [0.25, 0.3) is 0 Å². The molecule has 19 heavy (non-hydrogen) atoms. The molecular formula is C13H13ClN2OS2. The molecule has 3 heterocycles. The lowest BCUT2D eigenvalue weighted by Crippen LogP contribution is -2.09. The van der Waals surface area contributed by atoms with Crippen molar-refractivity contribution >= 4 is 40.5 Å². The van der Waals surface area contributed by atoms with Crippen LogP contribution in [0.4, 0.5) is 0 Å². The van der Waals surface area contributed by atoms with Gasteiger partial charge in [0.2, 0.25) is 5.78 Å². The third-order valence-electron chi connectivity index (χ3n) is 3.16. The SMILES string of the molecule is CCn1ncc(Cl)c1C(=O)c1cc2c(s1)CCSC2. The molecule has 0 radical (unpaired) electrons. The average molecular weight is 313 g/mol. The molecule has 3 nitrogen and oxygen atoms in total. The maximum Gasteiger partial charge on any atom is 0.222 e. The van der Waals surface area contributed by atoms with E-state index in [1.165, 1.54) is 10.4 Å². The van der Waals surface area contributed by atoms with E-state index in [2.05, 4.69) is 5.10 Å². The normalized spacial score (nSPS) is 14.4. The number of aromatic nitrogens is 2. The minimum absolute atomic E-state index is 0.00579. The van der Waals surface area contributed by atoms with Crippen LogP contribution in [0.2, 0.25) is 5.02 Å². The van der Waals surface area contributed by atoms with E-state index in [0.717, 1.165) is 22.8 Å². The zero-order valence-electron chi connectivity index (χ0n) is 10.5. The first kappa shape index (κ1) is 13.2. The lowest BCUT2D eigenvalue weighted by atomic mass is 10.2. The van der Waals surface area contributed by atoms with E-state index < -0.39 is 0 Å². The lowest BCUT2D eigenvalue weighted by molar-refractivity contribution is 0.103. The van der Waals surface area contributed by atoms with E-state index in [0.29, 0.717) is 17.3 Å². The molecule has 0 amide bonds. The molecule has 0 aliphatic carbocycles. The molecule has 6 heteroatoms. The van der Waals surface area contributed by atoms with Gasteiger partial charge in [-0.15, -0.1) is 11.3 Å². The molecule has 0 saturated heterocycles. The standard InChI is InChI=1S/C13H13ClN2OS2/c1-2-16-12(9(14)6-15-16)13(17)11-5-8-7-18-4-3-10(8)19-11/h5-6H,2-4,7H2,1H3. The smallest absolute Gasteiger partial charge is 0.222 e. The predicted octanol–water partition coefficient (Wildman–Crippen LogP) is 3.64. The Morgan fingerprint density at radius 3 is 3.16 bits per heavy atom. The highest BCUT2D eigenvalue weighted by Crippen LogP contribution is 2.33. The van der Waals surface area contributed by atoms with Gasteiger partial charge in [-0.05, 0) is 30.7 Å². The molecular weight excluding hydrogens is 300 g/mol. The number of thiophene rings is 1. The van der Waals surface area contributed by atoms with Crippen LogP contribution in [-0.2, 0) is 18.7 Å². The van der Waals surface area contributed by atoms with Crippen molar-refractivity contribution in [3.05, 3.63) is 38.3 Å². The monoisotopic (exact) mass is 312 g/mol. The van der Waals surface area contributed by atoms with Crippen molar-refractivity contribution in [3.63, 3.8) is 0 Å². The van der Waals surface area contributed by atoms with E-state index in [1.54, 1.807) is 22.2 Å². The van der Waals surface area contributed by atoms with Crippen molar-refractivity contribution in [2.24, 2.45) is 0 Å². The third kappa shape index (κ3) is 2.35. The number of halogens is 1. The van der Waals surface area contributed by atoms with Gasteiger partial charge in [0.05, 0.1) is 16.1 Å². The summed E-state index contributed by atoms with van der Waals surface area (Å²) in [6.45, 7) is 2.60. The Bertz CT molecular complexity index is 609. The van der Waals surface area contributed by atoms with Gasteiger partial charge in [0.15, 0.2) is 0 Å². The zero-order valence-corrected chi connectivity index (χ0v) is 12.9. The summed E-state index contributed by atoms with van der Waals surface area (Å²) < 4.78 is 1.66. The molecule has 2 aromatic rings. The maximum atomic E-state index is 12.6. The number of thioether (sulfide) groups is 1. The van der Waals surface area contributed by atoms with Gasteiger partial charge in [-0.2, -0.15) is 16.9 Å². The second kappa shape index (κ2) is 5.31. The number of hydrogen-bond donors (Lipinski definition) is 0. The second-order valence-corrected chi connectivity index (χ2v) is 7.00. The van der Waals surface area contributed by atoms with Crippen molar-refractivity contribution in [3.8, 4) is 0 Å². The Hall–Kier alpha value is -0.780. The number of nitrogens with zero attached hydrogens (tertiary/aromatic N) is 2. The van der Waals surface area contributed by atoms with Crippen molar-refractivity contribution in [1.82, 2.24) is 9.78 Å². The largest absolute Gasteiger partial charge is 0.286 e. The van der Waals surface area contributed by atoms with Crippen LogP contribution in [0.3, 0.4) is 0 Å². The molecule has 2 aromatic heterocycles. The van der Waals surface area contributed by atoms with Crippen LogP contribution in [0.15, 0.2) is 12.3 Å². The van der Waals surface area contributed by atoms with Gasteiger partial charge in [-0.25, -0.2) is 0 Å². The topological polar surface area (TPSA) is 34.9 Å². The molecule has 1 aliphatic rings. The van der Waals surface area contributed by atoms with Crippen molar-refractivity contribution in [1.29, 1.82) is 0 Å². The zero-order chi connectivity index (χ0) is 13.4. The molecule has 0 atom stereocenters. The van der Waals surface area contributed by atoms with Crippen molar-refractivity contribution < 1.29 is 4.79 Å². The van der Waals surface area contributed by atoms with Crippen LogP contribution >= 0.6 is 34.7 Å². The van der Waals surface area contributed by atoms with Crippen LogP contribution in [-0.4, -0.2) is 21.3 Å². The number of carbonyl (C=O) groups excluding carboxylic acids is 1. The molecule has 0 N–H and O–H groups in total. The van der Waals surface area contributed by atoms with Crippen LogP contribution in [0.25, 0.3) is 0 Å². The predicted molar refractivity (Wildman–Crippen MR) is 80.5 cm³/mol. The van der Waals surface area contributed by atoms with Crippen LogP contribution in [0.5, 0.6) is 0 Å². The first-order chi connectivity index (χ1) is 9.20. The van der Waals surface area contributed by atoms with Crippen LogP contribution in [0, 0.1) is 0 Å².